The van der Waals surface area contributed by atoms with Crippen molar-refractivity contribution in [2.45, 2.75) is 0 Å². The summed E-state index contributed by atoms with van der Waals surface area (Å²) in [5.74, 6) is 1.91. The average Bonchev–Trinajstić information content (AvgIpc) is 2.62. The van der Waals surface area contributed by atoms with Crippen LogP contribution < -0.4 is 29.6 Å². The SMILES string of the molecule is COc1ccc(NC(=O)Nc2cc(OC)c(Cl)cc2OC)c(OC)c1. The van der Waals surface area contributed by atoms with E-state index in [1.807, 2.05) is 0 Å². The number of anilines is 2. The fourth-order valence-electron chi connectivity index (χ4n) is 2.14. The zero-order valence-electron chi connectivity index (χ0n) is 14.3. The van der Waals surface area contributed by atoms with Crippen LogP contribution >= 0.6 is 11.6 Å². The standard InChI is InChI=1S/C17H19ClN2O5/c1-22-10-5-6-12(15(7-10)24-3)19-17(21)20-13-9-14(23-2)11(18)8-16(13)25-4/h5-9H,1-4H3,(H2,19,20,21). The van der Waals surface area contributed by atoms with Crippen LogP contribution in [0.4, 0.5) is 16.2 Å². The molecule has 2 amide bonds. The van der Waals surface area contributed by atoms with Gasteiger partial charge in [-0.3, -0.25) is 0 Å². The lowest BCUT2D eigenvalue weighted by molar-refractivity contribution is 0.262. The fourth-order valence-corrected chi connectivity index (χ4v) is 2.37. The van der Waals surface area contributed by atoms with Gasteiger partial charge in [-0.1, -0.05) is 11.6 Å². The van der Waals surface area contributed by atoms with Crippen LogP contribution in [0, 0.1) is 0 Å². The predicted octanol–water partition coefficient (Wildman–Crippen LogP) is 4.02. The van der Waals surface area contributed by atoms with Crippen molar-refractivity contribution in [2.75, 3.05) is 39.1 Å². The quantitative estimate of drug-likeness (QED) is 0.807. The third-order valence-corrected chi connectivity index (χ3v) is 3.67. The van der Waals surface area contributed by atoms with Gasteiger partial charge in [-0.15, -0.1) is 0 Å². The number of rotatable bonds is 6. The molecule has 2 aromatic carbocycles. The number of halogens is 1. The number of benzene rings is 2. The van der Waals surface area contributed by atoms with Crippen LogP contribution in [0.5, 0.6) is 23.0 Å². The second-order valence-corrected chi connectivity index (χ2v) is 5.24. The van der Waals surface area contributed by atoms with Gasteiger partial charge in [0.2, 0.25) is 0 Å². The highest BCUT2D eigenvalue weighted by Crippen LogP contribution is 2.36. The number of hydrogen-bond donors (Lipinski definition) is 2. The number of nitrogens with one attached hydrogen (secondary N) is 2. The molecule has 0 aliphatic heterocycles. The van der Waals surface area contributed by atoms with Crippen molar-refractivity contribution in [3.63, 3.8) is 0 Å². The van der Waals surface area contributed by atoms with Gasteiger partial charge in [-0.2, -0.15) is 0 Å². The summed E-state index contributed by atoms with van der Waals surface area (Å²) in [5.41, 5.74) is 0.898. The average molecular weight is 367 g/mol. The Morgan fingerprint density at radius 1 is 0.800 bits per heavy atom. The second-order valence-electron chi connectivity index (χ2n) is 4.83. The summed E-state index contributed by atoms with van der Waals surface area (Å²) in [4.78, 5) is 12.3. The van der Waals surface area contributed by atoms with Crippen LogP contribution in [0.3, 0.4) is 0 Å². The number of ether oxygens (including phenoxy) is 4. The van der Waals surface area contributed by atoms with Gasteiger partial charge in [0, 0.05) is 18.2 Å². The van der Waals surface area contributed by atoms with Gasteiger partial charge in [-0.25, -0.2) is 4.79 Å². The molecule has 134 valence electrons. The van der Waals surface area contributed by atoms with Crippen LogP contribution in [0.25, 0.3) is 0 Å². The van der Waals surface area contributed by atoms with E-state index in [-0.39, 0.29) is 0 Å². The molecule has 7 nitrogen and oxygen atoms in total. The van der Waals surface area contributed by atoms with Crippen molar-refractivity contribution in [1.82, 2.24) is 0 Å². The zero-order chi connectivity index (χ0) is 18.4. The Balaban J connectivity index is 2.20. The molecule has 0 bridgehead atoms. The zero-order valence-corrected chi connectivity index (χ0v) is 15.1. The highest BCUT2D eigenvalue weighted by atomic mass is 35.5. The van der Waals surface area contributed by atoms with Gasteiger partial charge >= 0.3 is 6.03 Å². The summed E-state index contributed by atoms with van der Waals surface area (Å²) >= 11 is 6.05. The van der Waals surface area contributed by atoms with Crippen molar-refractivity contribution < 1.29 is 23.7 Å². The van der Waals surface area contributed by atoms with E-state index in [0.717, 1.165) is 0 Å². The third kappa shape index (κ3) is 4.39. The molecule has 0 spiro atoms. The number of hydrogen-bond acceptors (Lipinski definition) is 5. The minimum atomic E-state index is -0.480. The molecule has 8 heteroatoms. The minimum Gasteiger partial charge on any atom is -0.497 e. The number of methoxy groups -OCH3 is 4. The number of urea groups is 1. The largest absolute Gasteiger partial charge is 0.497 e. The molecule has 0 atom stereocenters. The molecule has 2 aromatic rings. The van der Waals surface area contributed by atoms with Crippen LogP contribution in [0.15, 0.2) is 30.3 Å². The summed E-state index contributed by atoms with van der Waals surface area (Å²) < 4.78 is 20.8. The summed E-state index contributed by atoms with van der Waals surface area (Å²) in [7, 11) is 6.02. The first kappa shape index (κ1) is 18.5. The minimum absolute atomic E-state index is 0.377. The molecule has 25 heavy (non-hydrogen) atoms. The molecule has 2 rings (SSSR count). The first-order chi connectivity index (χ1) is 12.0. The normalized spacial score (nSPS) is 9.96. The number of carbonyl (C=O) groups is 1. The first-order valence-corrected chi connectivity index (χ1v) is 7.61. The molecule has 0 heterocycles. The van der Waals surface area contributed by atoms with Gasteiger partial charge < -0.3 is 29.6 Å². The Morgan fingerprint density at radius 3 is 2.00 bits per heavy atom. The van der Waals surface area contributed by atoms with E-state index < -0.39 is 6.03 Å². The summed E-state index contributed by atoms with van der Waals surface area (Å²) in [6.45, 7) is 0. The van der Waals surface area contributed by atoms with E-state index in [1.54, 1.807) is 37.4 Å². The lowest BCUT2D eigenvalue weighted by Crippen LogP contribution is -2.20. The Morgan fingerprint density at radius 2 is 1.40 bits per heavy atom. The Bertz CT molecular complexity index is 767. The van der Waals surface area contributed by atoms with Crippen LogP contribution in [0.1, 0.15) is 0 Å². The molecule has 2 N–H and O–H groups in total. The molecule has 0 radical (unpaired) electrons. The van der Waals surface area contributed by atoms with E-state index in [9.17, 15) is 4.79 Å². The molecule has 0 aliphatic rings. The number of carbonyl (C=O) groups excluding carboxylic acids is 1. The molecule has 0 aromatic heterocycles. The molecule has 0 aliphatic carbocycles. The Hall–Kier alpha value is -2.80. The maximum absolute atomic E-state index is 12.3. The van der Waals surface area contributed by atoms with Gasteiger partial charge in [0.05, 0.1) is 44.8 Å². The van der Waals surface area contributed by atoms with E-state index in [0.29, 0.717) is 39.4 Å². The molecular weight excluding hydrogens is 348 g/mol. The lowest BCUT2D eigenvalue weighted by Gasteiger charge is -2.15. The second kappa shape index (κ2) is 8.34. The van der Waals surface area contributed by atoms with Crippen molar-refractivity contribution >= 4 is 29.0 Å². The van der Waals surface area contributed by atoms with Crippen molar-refractivity contribution in [3.8, 4) is 23.0 Å². The van der Waals surface area contributed by atoms with Crippen molar-refractivity contribution in [2.24, 2.45) is 0 Å². The van der Waals surface area contributed by atoms with E-state index in [4.69, 9.17) is 30.5 Å². The topological polar surface area (TPSA) is 78.1 Å². The lowest BCUT2D eigenvalue weighted by atomic mass is 10.2. The highest BCUT2D eigenvalue weighted by Gasteiger charge is 2.14. The molecule has 0 unspecified atom stereocenters. The molecule has 0 fully saturated rings. The maximum Gasteiger partial charge on any atom is 0.323 e. The summed E-state index contributed by atoms with van der Waals surface area (Å²) in [6, 6.07) is 7.71. The van der Waals surface area contributed by atoms with Crippen LogP contribution in [0.2, 0.25) is 5.02 Å². The van der Waals surface area contributed by atoms with Crippen LogP contribution in [-0.2, 0) is 0 Å². The third-order valence-electron chi connectivity index (χ3n) is 3.38. The van der Waals surface area contributed by atoms with Crippen molar-refractivity contribution in [1.29, 1.82) is 0 Å². The van der Waals surface area contributed by atoms with E-state index in [1.165, 1.54) is 21.3 Å². The van der Waals surface area contributed by atoms with Gasteiger partial charge in [-0.05, 0) is 12.1 Å². The van der Waals surface area contributed by atoms with E-state index >= 15 is 0 Å². The molecule has 0 saturated heterocycles. The fraction of sp³-hybridized carbons (Fsp3) is 0.235. The van der Waals surface area contributed by atoms with Gasteiger partial charge in [0.1, 0.15) is 23.0 Å². The monoisotopic (exact) mass is 366 g/mol. The number of amides is 2. The Labute approximate surface area is 150 Å². The predicted molar refractivity (Wildman–Crippen MR) is 96.7 cm³/mol. The van der Waals surface area contributed by atoms with Crippen LogP contribution in [-0.4, -0.2) is 34.5 Å². The van der Waals surface area contributed by atoms with E-state index in [2.05, 4.69) is 10.6 Å². The highest BCUT2D eigenvalue weighted by molar-refractivity contribution is 6.32. The molecule has 0 saturated carbocycles. The molecular formula is C17H19ClN2O5. The Kier molecular flexibility index (Phi) is 6.19. The summed E-state index contributed by atoms with van der Waals surface area (Å²) in [6.07, 6.45) is 0. The maximum atomic E-state index is 12.3. The first-order valence-electron chi connectivity index (χ1n) is 7.24. The smallest absolute Gasteiger partial charge is 0.323 e. The van der Waals surface area contributed by atoms with Crippen molar-refractivity contribution in [3.05, 3.63) is 35.4 Å². The summed E-state index contributed by atoms with van der Waals surface area (Å²) in [5, 5.41) is 5.77. The van der Waals surface area contributed by atoms with Gasteiger partial charge in [0.15, 0.2) is 0 Å². The van der Waals surface area contributed by atoms with Gasteiger partial charge in [0.25, 0.3) is 0 Å².